The van der Waals surface area contributed by atoms with E-state index < -0.39 is 30.0 Å². The molecular weight excluding hydrogens is 307 g/mol. The number of aromatic hydroxyl groups is 1. The summed E-state index contributed by atoms with van der Waals surface area (Å²) in [6, 6.07) is 1.54. The van der Waals surface area contributed by atoms with E-state index in [1.54, 1.807) is 0 Å². The van der Waals surface area contributed by atoms with Gasteiger partial charge in [-0.2, -0.15) is 0 Å². The van der Waals surface area contributed by atoms with Crippen LogP contribution in [-0.2, 0) is 4.74 Å². The average Bonchev–Trinajstić information content (AvgIpc) is 2.46. The maximum absolute atomic E-state index is 13.3. The molecule has 2 aromatic rings. The van der Waals surface area contributed by atoms with Crippen LogP contribution in [0.5, 0.6) is 5.75 Å². The Kier molecular flexibility index (Phi) is 4.56. The van der Waals surface area contributed by atoms with Gasteiger partial charge < -0.3 is 9.84 Å². The summed E-state index contributed by atoms with van der Waals surface area (Å²) in [5.41, 5.74) is -0.338. The molecule has 0 fully saturated rings. The van der Waals surface area contributed by atoms with Crippen LogP contribution < -0.4 is 0 Å². The van der Waals surface area contributed by atoms with Gasteiger partial charge in [0.15, 0.2) is 11.6 Å². The average molecular weight is 317 g/mol. The maximum Gasteiger partial charge on any atom is 0.344 e. The van der Waals surface area contributed by atoms with Crippen molar-refractivity contribution < 1.29 is 27.8 Å². The number of rotatable bonds is 4. The number of carbonyl (C=O) groups excluding carboxylic acids is 1. The van der Waals surface area contributed by atoms with Gasteiger partial charge in [0.1, 0.15) is 16.3 Å². The van der Waals surface area contributed by atoms with Crippen LogP contribution in [0.3, 0.4) is 0 Å². The zero-order valence-electron chi connectivity index (χ0n) is 10.8. The van der Waals surface area contributed by atoms with E-state index in [-0.39, 0.29) is 27.2 Å². The van der Waals surface area contributed by atoms with E-state index in [4.69, 9.17) is 0 Å². The standard InChI is InChI=1S/C13H10F3NO3S/c1-20-13(19)10-11(18)6-4-7(15)8(16)5-9(6)17-12(10)21-3-2-14/h4-5H,2-3H2,1H3,(H,17,18). The first-order chi connectivity index (χ1) is 9.99. The number of fused-ring (bicyclic) bond motifs is 1. The lowest BCUT2D eigenvalue weighted by Gasteiger charge is -2.11. The van der Waals surface area contributed by atoms with E-state index in [2.05, 4.69) is 9.72 Å². The van der Waals surface area contributed by atoms with Crippen molar-refractivity contribution in [1.82, 2.24) is 4.98 Å². The summed E-state index contributed by atoms with van der Waals surface area (Å²) < 4.78 is 43.3. The summed E-state index contributed by atoms with van der Waals surface area (Å²) in [4.78, 5) is 15.7. The van der Waals surface area contributed by atoms with Crippen molar-refractivity contribution in [2.45, 2.75) is 5.03 Å². The Hall–Kier alpha value is -1.96. The van der Waals surface area contributed by atoms with Gasteiger partial charge in [0, 0.05) is 17.2 Å². The summed E-state index contributed by atoms with van der Waals surface area (Å²) in [5, 5.41) is 9.98. The van der Waals surface area contributed by atoms with Crippen LogP contribution in [-0.4, -0.2) is 35.6 Å². The number of aromatic nitrogens is 1. The maximum atomic E-state index is 13.3. The third kappa shape index (κ3) is 2.90. The third-order valence-electron chi connectivity index (χ3n) is 2.67. The molecule has 0 unspecified atom stereocenters. The van der Waals surface area contributed by atoms with E-state index in [0.717, 1.165) is 31.0 Å². The van der Waals surface area contributed by atoms with Crippen molar-refractivity contribution in [2.24, 2.45) is 0 Å². The van der Waals surface area contributed by atoms with E-state index in [1.165, 1.54) is 0 Å². The Morgan fingerprint density at radius 3 is 2.67 bits per heavy atom. The van der Waals surface area contributed by atoms with Gasteiger partial charge in [0.05, 0.1) is 19.3 Å². The normalized spacial score (nSPS) is 10.9. The van der Waals surface area contributed by atoms with Gasteiger partial charge >= 0.3 is 5.97 Å². The molecule has 0 aliphatic heterocycles. The van der Waals surface area contributed by atoms with Crippen molar-refractivity contribution in [3.05, 3.63) is 29.3 Å². The first kappa shape index (κ1) is 15.4. The quantitative estimate of drug-likeness (QED) is 0.694. The first-order valence-electron chi connectivity index (χ1n) is 5.78. The number of esters is 1. The molecule has 112 valence electrons. The molecule has 0 saturated carbocycles. The molecule has 2 rings (SSSR count). The Bertz CT molecular complexity index is 709. The minimum absolute atomic E-state index is 0.00416. The van der Waals surface area contributed by atoms with Crippen LogP contribution in [0.15, 0.2) is 17.2 Å². The Morgan fingerprint density at radius 1 is 1.38 bits per heavy atom. The molecule has 0 atom stereocenters. The van der Waals surface area contributed by atoms with E-state index in [1.807, 2.05) is 0 Å². The van der Waals surface area contributed by atoms with Crippen LogP contribution in [0.4, 0.5) is 13.2 Å². The minimum Gasteiger partial charge on any atom is -0.506 e. The number of benzene rings is 1. The topological polar surface area (TPSA) is 59.4 Å². The van der Waals surface area contributed by atoms with Gasteiger partial charge in [-0.25, -0.2) is 18.6 Å². The fourth-order valence-electron chi connectivity index (χ4n) is 1.75. The number of thioether (sulfide) groups is 1. The lowest BCUT2D eigenvalue weighted by Crippen LogP contribution is -2.06. The summed E-state index contributed by atoms with van der Waals surface area (Å²) in [7, 11) is 1.10. The number of hydrogen-bond donors (Lipinski definition) is 1. The molecule has 1 heterocycles. The molecule has 0 radical (unpaired) electrons. The van der Waals surface area contributed by atoms with E-state index in [9.17, 15) is 23.1 Å². The van der Waals surface area contributed by atoms with Crippen molar-refractivity contribution in [1.29, 1.82) is 0 Å². The highest BCUT2D eigenvalue weighted by Crippen LogP contribution is 2.35. The van der Waals surface area contributed by atoms with Crippen LogP contribution in [0, 0.1) is 11.6 Å². The zero-order chi connectivity index (χ0) is 15.6. The smallest absolute Gasteiger partial charge is 0.344 e. The summed E-state index contributed by atoms with van der Waals surface area (Å²) in [6.07, 6.45) is 0. The van der Waals surface area contributed by atoms with Gasteiger partial charge in [-0.3, -0.25) is 4.39 Å². The predicted molar refractivity (Wildman–Crippen MR) is 71.4 cm³/mol. The Balaban J connectivity index is 2.74. The number of carbonyl (C=O) groups is 1. The van der Waals surface area contributed by atoms with Crippen LogP contribution in [0.25, 0.3) is 10.9 Å². The predicted octanol–water partition coefficient (Wildman–Crippen LogP) is 3.07. The number of ether oxygens (including phenoxy) is 1. The first-order valence-corrected chi connectivity index (χ1v) is 6.77. The molecule has 0 aliphatic carbocycles. The molecule has 0 amide bonds. The molecule has 0 spiro atoms. The Labute approximate surface area is 121 Å². The van der Waals surface area contributed by atoms with Crippen molar-refractivity contribution in [3.63, 3.8) is 0 Å². The van der Waals surface area contributed by atoms with E-state index >= 15 is 0 Å². The number of pyridine rings is 1. The molecule has 1 N–H and O–H groups in total. The molecule has 0 bridgehead atoms. The zero-order valence-corrected chi connectivity index (χ0v) is 11.6. The number of methoxy groups -OCH3 is 1. The lowest BCUT2D eigenvalue weighted by molar-refractivity contribution is 0.0592. The third-order valence-corrected chi connectivity index (χ3v) is 3.60. The molecular formula is C13H10F3NO3S. The molecule has 8 heteroatoms. The highest BCUT2D eigenvalue weighted by Gasteiger charge is 2.23. The van der Waals surface area contributed by atoms with Crippen molar-refractivity contribution >= 4 is 28.6 Å². The van der Waals surface area contributed by atoms with Gasteiger partial charge in [0.25, 0.3) is 0 Å². The number of halogens is 3. The molecule has 4 nitrogen and oxygen atoms in total. The summed E-state index contributed by atoms with van der Waals surface area (Å²) in [6.45, 7) is -0.677. The molecule has 21 heavy (non-hydrogen) atoms. The van der Waals surface area contributed by atoms with Gasteiger partial charge in [-0.1, -0.05) is 0 Å². The van der Waals surface area contributed by atoms with Crippen LogP contribution in [0.1, 0.15) is 10.4 Å². The van der Waals surface area contributed by atoms with Crippen molar-refractivity contribution in [3.8, 4) is 5.75 Å². The fraction of sp³-hybridized carbons (Fsp3) is 0.231. The second-order valence-electron chi connectivity index (χ2n) is 3.95. The van der Waals surface area contributed by atoms with Crippen molar-refractivity contribution in [2.75, 3.05) is 19.5 Å². The molecule has 0 aliphatic rings. The number of hydrogen-bond acceptors (Lipinski definition) is 5. The van der Waals surface area contributed by atoms with Crippen LogP contribution >= 0.6 is 11.8 Å². The summed E-state index contributed by atoms with van der Waals surface area (Å²) in [5.74, 6) is -3.80. The van der Waals surface area contributed by atoms with Gasteiger partial charge in [0.2, 0.25) is 0 Å². The second-order valence-corrected chi connectivity index (χ2v) is 5.04. The molecule has 0 saturated heterocycles. The van der Waals surface area contributed by atoms with Gasteiger partial charge in [-0.15, -0.1) is 11.8 Å². The monoisotopic (exact) mass is 317 g/mol. The van der Waals surface area contributed by atoms with Crippen LogP contribution in [0.2, 0.25) is 0 Å². The fourth-order valence-corrected chi connectivity index (χ4v) is 2.50. The molecule has 1 aromatic heterocycles. The second kappa shape index (κ2) is 6.21. The number of alkyl halides is 1. The lowest BCUT2D eigenvalue weighted by atomic mass is 10.1. The minimum atomic E-state index is -1.18. The Morgan fingerprint density at radius 2 is 2.05 bits per heavy atom. The van der Waals surface area contributed by atoms with Gasteiger partial charge in [-0.05, 0) is 6.07 Å². The number of nitrogens with zero attached hydrogens (tertiary/aromatic N) is 1. The van der Waals surface area contributed by atoms with E-state index in [0.29, 0.717) is 0 Å². The highest BCUT2D eigenvalue weighted by atomic mass is 32.2. The largest absolute Gasteiger partial charge is 0.506 e. The SMILES string of the molecule is COC(=O)c1c(SCCF)nc2cc(F)c(F)cc2c1O. The highest BCUT2D eigenvalue weighted by molar-refractivity contribution is 7.99. The summed E-state index contributed by atoms with van der Waals surface area (Å²) >= 11 is 0.867. The molecule has 1 aromatic carbocycles.